The maximum Gasteiger partial charge on any atom is 0.459 e. The number of hydrogen-bond donors (Lipinski definition) is 0. The molecule has 0 saturated carbocycles. The molecule has 0 heterocycles. The summed E-state index contributed by atoms with van der Waals surface area (Å²) in [5.41, 5.74) is -3.10. The first-order chi connectivity index (χ1) is 12.1. The molecule has 0 aromatic heterocycles. The average Bonchev–Trinajstić information content (AvgIpc) is 2.51. The van der Waals surface area contributed by atoms with Crippen molar-refractivity contribution in [3.05, 3.63) is 11.1 Å². The Morgan fingerprint density at radius 2 is 1.37 bits per heavy atom. The standard InChI is InChI=1S/C16H21F7O4/c1-3-5-6-9(4-2)7-10(12(24)25)11(13(26)27)8-14(17,18)15(19,20)16(21,22)23/h9H,3-8H2,1-2H3,(H,24,25)(H,26,27)/p-2/b11-10-. The van der Waals surface area contributed by atoms with Gasteiger partial charge in [0, 0.05) is 6.42 Å². The van der Waals surface area contributed by atoms with Gasteiger partial charge in [0.1, 0.15) is 0 Å². The van der Waals surface area contributed by atoms with Crippen LogP contribution in [0.1, 0.15) is 52.4 Å². The number of halogens is 7. The van der Waals surface area contributed by atoms with Crippen LogP contribution in [0.2, 0.25) is 0 Å². The second-order valence-electron chi connectivity index (χ2n) is 6.11. The van der Waals surface area contributed by atoms with Crippen LogP contribution < -0.4 is 10.2 Å². The van der Waals surface area contributed by atoms with E-state index in [1.54, 1.807) is 13.8 Å². The molecular formula is C16H19F7O4-2. The zero-order chi connectivity index (χ0) is 21.6. The molecular weight excluding hydrogens is 389 g/mol. The van der Waals surface area contributed by atoms with Gasteiger partial charge in [-0.15, -0.1) is 0 Å². The van der Waals surface area contributed by atoms with Crippen molar-refractivity contribution in [2.75, 3.05) is 0 Å². The van der Waals surface area contributed by atoms with Gasteiger partial charge in [-0.05, 0) is 23.5 Å². The maximum absolute atomic E-state index is 13.5. The number of carboxylic acids is 2. The molecule has 11 heteroatoms. The number of carboxylic acid groups (broad SMARTS) is 2. The van der Waals surface area contributed by atoms with Crippen molar-refractivity contribution in [2.45, 2.75) is 70.4 Å². The van der Waals surface area contributed by atoms with Gasteiger partial charge < -0.3 is 19.8 Å². The fourth-order valence-electron chi connectivity index (χ4n) is 2.40. The summed E-state index contributed by atoms with van der Waals surface area (Å²) in [5, 5.41) is 22.3. The molecule has 27 heavy (non-hydrogen) atoms. The van der Waals surface area contributed by atoms with Crippen LogP contribution >= 0.6 is 0 Å². The highest BCUT2D eigenvalue weighted by atomic mass is 19.4. The fourth-order valence-corrected chi connectivity index (χ4v) is 2.40. The molecule has 0 spiro atoms. The smallest absolute Gasteiger partial charge is 0.459 e. The lowest BCUT2D eigenvalue weighted by Gasteiger charge is -2.30. The van der Waals surface area contributed by atoms with Crippen LogP contribution in [0.25, 0.3) is 0 Å². The molecule has 0 aromatic rings. The summed E-state index contributed by atoms with van der Waals surface area (Å²) in [6, 6.07) is 0. The second-order valence-corrected chi connectivity index (χ2v) is 6.11. The zero-order valence-electron chi connectivity index (χ0n) is 14.6. The van der Waals surface area contributed by atoms with Gasteiger partial charge in [-0.25, -0.2) is 0 Å². The largest absolute Gasteiger partial charge is 0.545 e. The van der Waals surface area contributed by atoms with E-state index in [2.05, 4.69) is 0 Å². The SMILES string of the molecule is CCCCC(CC)C/C(C(=O)[O-])=C(\CC(F)(F)C(F)(F)C(F)(F)F)C(=O)[O-]. The molecule has 1 atom stereocenters. The lowest BCUT2D eigenvalue weighted by atomic mass is 9.87. The molecule has 0 aliphatic carbocycles. The molecule has 0 radical (unpaired) electrons. The van der Waals surface area contributed by atoms with Crippen LogP contribution in [0, 0.1) is 5.92 Å². The Hall–Kier alpha value is -1.81. The van der Waals surface area contributed by atoms with E-state index in [0.717, 1.165) is 0 Å². The number of rotatable bonds is 11. The Morgan fingerprint density at radius 3 is 1.70 bits per heavy atom. The number of hydrogen-bond acceptors (Lipinski definition) is 4. The van der Waals surface area contributed by atoms with Gasteiger partial charge in [0.15, 0.2) is 0 Å². The minimum absolute atomic E-state index is 0.298. The summed E-state index contributed by atoms with van der Waals surface area (Å²) in [4.78, 5) is 22.3. The Morgan fingerprint density at radius 1 is 0.889 bits per heavy atom. The summed E-state index contributed by atoms with van der Waals surface area (Å²) in [5.74, 6) is -17.8. The number of unbranched alkanes of at least 4 members (excludes halogenated alkanes) is 1. The van der Waals surface area contributed by atoms with Crippen LogP contribution in [-0.4, -0.2) is 30.0 Å². The van der Waals surface area contributed by atoms with E-state index in [1.807, 2.05) is 0 Å². The molecule has 0 bridgehead atoms. The van der Waals surface area contributed by atoms with Crippen molar-refractivity contribution >= 4 is 11.9 Å². The molecule has 0 fully saturated rings. The van der Waals surface area contributed by atoms with Crippen molar-refractivity contribution in [1.29, 1.82) is 0 Å². The van der Waals surface area contributed by atoms with Crippen LogP contribution in [0.5, 0.6) is 0 Å². The van der Waals surface area contributed by atoms with Gasteiger partial charge in [0.25, 0.3) is 0 Å². The summed E-state index contributed by atoms with van der Waals surface area (Å²) in [6.45, 7) is 3.40. The minimum Gasteiger partial charge on any atom is -0.545 e. The summed E-state index contributed by atoms with van der Waals surface area (Å²) in [6.07, 6.45) is -8.01. The molecule has 0 aromatic carbocycles. The zero-order valence-corrected chi connectivity index (χ0v) is 14.6. The Bertz CT molecular complexity index is 568. The summed E-state index contributed by atoms with van der Waals surface area (Å²) in [7, 11) is 0. The van der Waals surface area contributed by atoms with E-state index in [-0.39, 0.29) is 0 Å². The van der Waals surface area contributed by atoms with Gasteiger partial charge in [0.2, 0.25) is 0 Å². The van der Waals surface area contributed by atoms with Crippen LogP contribution in [0.4, 0.5) is 30.7 Å². The van der Waals surface area contributed by atoms with Gasteiger partial charge in [0.05, 0.1) is 11.9 Å². The van der Waals surface area contributed by atoms with E-state index >= 15 is 0 Å². The van der Waals surface area contributed by atoms with Gasteiger partial charge in [-0.1, -0.05) is 39.5 Å². The molecule has 4 nitrogen and oxygen atoms in total. The highest BCUT2D eigenvalue weighted by Crippen LogP contribution is 2.49. The van der Waals surface area contributed by atoms with E-state index in [9.17, 15) is 50.5 Å². The topological polar surface area (TPSA) is 80.3 Å². The normalized spacial score (nSPS) is 15.3. The average molecular weight is 408 g/mol. The predicted octanol–water partition coefficient (Wildman–Crippen LogP) is 2.61. The van der Waals surface area contributed by atoms with Crippen molar-refractivity contribution in [2.24, 2.45) is 5.92 Å². The molecule has 0 saturated heterocycles. The maximum atomic E-state index is 13.5. The first-order valence-electron chi connectivity index (χ1n) is 8.09. The van der Waals surface area contributed by atoms with Crippen molar-refractivity contribution in [1.82, 2.24) is 0 Å². The summed E-state index contributed by atoms with van der Waals surface area (Å²) >= 11 is 0. The number of aliphatic carboxylic acids is 2. The van der Waals surface area contributed by atoms with Crippen LogP contribution in [0.15, 0.2) is 11.1 Å². The van der Waals surface area contributed by atoms with Gasteiger partial charge >= 0.3 is 18.0 Å². The van der Waals surface area contributed by atoms with E-state index < -0.39 is 59.9 Å². The molecule has 0 amide bonds. The Labute approximate surface area is 151 Å². The van der Waals surface area contributed by atoms with E-state index in [0.29, 0.717) is 25.7 Å². The van der Waals surface area contributed by atoms with Crippen LogP contribution in [0.3, 0.4) is 0 Å². The third-order valence-electron chi connectivity index (χ3n) is 4.11. The minimum atomic E-state index is -6.66. The number of alkyl halides is 7. The first kappa shape index (κ1) is 25.2. The number of carbonyl (C=O) groups excluding carboxylic acids is 2. The molecule has 0 aliphatic heterocycles. The fraction of sp³-hybridized carbons (Fsp3) is 0.750. The molecule has 0 N–H and O–H groups in total. The third kappa shape index (κ3) is 6.39. The van der Waals surface area contributed by atoms with E-state index in [4.69, 9.17) is 0 Å². The number of carbonyl (C=O) groups is 2. The first-order valence-corrected chi connectivity index (χ1v) is 8.09. The predicted molar refractivity (Wildman–Crippen MR) is 75.5 cm³/mol. The van der Waals surface area contributed by atoms with Gasteiger partial charge in [-0.3, -0.25) is 0 Å². The lowest BCUT2D eigenvalue weighted by Crippen LogP contribution is -2.53. The van der Waals surface area contributed by atoms with Crippen LogP contribution in [-0.2, 0) is 9.59 Å². The summed E-state index contributed by atoms with van der Waals surface area (Å²) < 4.78 is 89.7. The Kier molecular flexibility index (Phi) is 8.78. The molecule has 158 valence electrons. The monoisotopic (exact) mass is 408 g/mol. The molecule has 0 rings (SSSR count). The van der Waals surface area contributed by atoms with Crippen molar-refractivity contribution in [3.63, 3.8) is 0 Å². The van der Waals surface area contributed by atoms with Crippen molar-refractivity contribution in [3.8, 4) is 0 Å². The van der Waals surface area contributed by atoms with Gasteiger partial charge in [-0.2, -0.15) is 30.7 Å². The highest BCUT2D eigenvalue weighted by Gasteiger charge is 2.72. The van der Waals surface area contributed by atoms with E-state index in [1.165, 1.54) is 0 Å². The Balaban J connectivity index is 6.04. The quantitative estimate of drug-likeness (QED) is 0.389. The molecule has 0 aliphatic rings. The highest BCUT2D eigenvalue weighted by molar-refractivity contribution is 5.97. The lowest BCUT2D eigenvalue weighted by molar-refractivity contribution is -0.355. The second kappa shape index (κ2) is 9.41. The third-order valence-corrected chi connectivity index (χ3v) is 4.11. The molecule has 1 unspecified atom stereocenters. The van der Waals surface area contributed by atoms with Crippen molar-refractivity contribution < 1.29 is 50.5 Å².